The Morgan fingerprint density at radius 3 is 1.64 bits per heavy atom. The molecule has 2 rings (SSSR count). The molecule has 0 saturated carbocycles. The van der Waals surface area contributed by atoms with E-state index in [0.29, 0.717) is 12.0 Å². The van der Waals surface area contributed by atoms with Crippen molar-refractivity contribution in [2.45, 2.75) is 178 Å². The summed E-state index contributed by atoms with van der Waals surface area (Å²) in [6.07, 6.45) is 0.217. The van der Waals surface area contributed by atoms with Gasteiger partial charge in [-0.1, -0.05) is 76.8 Å². The van der Waals surface area contributed by atoms with Crippen LogP contribution in [0.5, 0.6) is 0 Å². The largest absolute Gasteiger partial charge is 0.394 e. The summed E-state index contributed by atoms with van der Waals surface area (Å²) in [5, 5.41) is 56.5. The molecule has 0 aromatic heterocycles. The first-order valence-corrected chi connectivity index (χ1v) is 26.2. The number of nitrogens with two attached hydrogens (primary N) is 3. The molecule has 0 bridgehead atoms. The van der Waals surface area contributed by atoms with E-state index < -0.39 is 145 Å². The molecule has 1 aromatic carbocycles. The van der Waals surface area contributed by atoms with Crippen LogP contribution < -0.4 is 70.4 Å². The maximum absolute atomic E-state index is 14.3. The quantitative estimate of drug-likeness (QED) is 0.0433. The fraction of sp³-hybridized carbons (Fsp3) is 0.680. The Labute approximate surface area is 444 Å². The second-order valence-electron chi connectivity index (χ2n) is 19.4. The Morgan fingerprint density at radius 2 is 1.13 bits per heavy atom. The average Bonchev–Trinajstić information content (AvgIpc) is 3.36. The van der Waals surface area contributed by atoms with Crippen LogP contribution in [0.4, 0.5) is 0 Å². The van der Waals surface area contributed by atoms with E-state index in [2.05, 4.69) is 53.2 Å². The Kier molecular flexibility index (Phi) is 30.4. The Balaban J connectivity index is 2.67. The van der Waals surface area contributed by atoms with Gasteiger partial charge in [0.1, 0.15) is 54.4 Å². The van der Waals surface area contributed by atoms with Gasteiger partial charge in [-0.05, 0) is 83.5 Å². The number of carbonyl (C=O) groups excluding carboxylic acids is 10. The maximum Gasteiger partial charge on any atom is 0.245 e. The Bertz CT molecular complexity index is 2050. The first-order valence-electron chi connectivity index (χ1n) is 26.2. The molecule has 0 radical (unpaired) electrons. The number of rotatable bonds is 24. The lowest BCUT2D eigenvalue weighted by Gasteiger charge is -2.28. The van der Waals surface area contributed by atoms with Crippen LogP contribution in [0, 0.1) is 5.92 Å². The second kappa shape index (κ2) is 35.1. The topological polar surface area (TPSA) is 430 Å². The Hall–Kier alpha value is -6.32. The van der Waals surface area contributed by atoms with Crippen molar-refractivity contribution >= 4 is 59.1 Å². The number of hydrogen-bond acceptors (Lipinski definition) is 16. The summed E-state index contributed by atoms with van der Waals surface area (Å²) in [4.78, 5) is 138. The van der Waals surface area contributed by atoms with E-state index in [9.17, 15) is 63.3 Å². The van der Waals surface area contributed by atoms with Crippen molar-refractivity contribution in [3.05, 3.63) is 35.9 Å². The zero-order valence-corrected chi connectivity index (χ0v) is 44.5. The van der Waals surface area contributed by atoms with E-state index in [1.807, 2.05) is 6.92 Å². The molecule has 1 heterocycles. The van der Waals surface area contributed by atoms with Crippen LogP contribution in [0.3, 0.4) is 0 Å². The van der Waals surface area contributed by atoms with E-state index >= 15 is 0 Å². The van der Waals surface area contributed by atoms with Crippen LogP contribution in [-0.4, -0.2) is 174 Å². The lowest BCUT2D eigenvalue weighted by Crippen LogP contribution is -2.61. The molecular weight excluding hydrogens is 991 g/mol. The number of hydrogen-bond donors (Lipinski definition) is 16. The molecule has 1 saturated heterocycles. The van der Waals surface area contributed by atoms with E-state index in [0.717, 1.165) is 25.7 Å². The number of amides is 10. The Morgan fingerprint density at radius 1 is 0.632 bits per heavy atom. The summed E-state index contributed by atoms with van der Waals surface area (Å²) in [6.45, 7) is 6.12. The molecule has 26 heteroatoms. The number of carbonyl (C=O) groups is 10. The predicted molar refractivity (Wildman–Crippen MR) is 279 cm³/mol. The minimum absolute atomic E-state index is 0.0539. The van der Waals surface area contributed by atoms with Gasteiger partial charge in [0.25, 0.3) is 0 Å². The molecule has 76 heavy (non-hydrogen) atoms. The molecule has 1 fully saturated rings. The normalized spacial score (nSPS) is 23.4. The number of benzene rings is 1. The zero-order chi connectivity index (χ0) is 56.9. The van der Waals surface area contributed by atoms with Crippen molar-refractivity contribution in [3.8, 4) is 0 Å². The van der Waals surface area contributed by atoms with Crippen molar-refractivity contribution in [2.24, 2.45) is 23.1 Å². The molecule has 1 aliphatic heterocycles. The van der Waals surface area contributed by atoms with Crippen molar-refractivity contribution in [1.82, 2.24) is 53.2 Å². The van der Waals surface area contributed by atoms with Gasteiger partial charge in [-0.25, -0.2) is 0 Å². The highest BCUT2D eigenvalue weighted by Gasteiger charge is 2.37. The summed E-state index contributed by atoms with van der Waals surface area (Å²) < 4.78 is 0. The fourth-order valence-electron chi connectivity index (χ4n) is 8.08. The van der Waals surface area contributed by atoms with Gasteiger partial charge >= 0.3 is 0 Å². The van der Waals surface area contributed by atoms with E-state index in [-0.39, 0.29) is 64.1 Å². The summed E-state index contributed by atoms with van der Waals surface area (Å²) in [5.41, 5.74) is 18.2. The van der Waals surface area contributed by atoms with Crippen LogP contribution in [0.15, 0.2) is 30.3 Å². The average molecular weight is 1080 g/mol. The minimum Gasteiger partial charge on any atom is -0.394 e. The molecule has 1 aliphatic rings. The molecule has 428 valence electrons. The predicted octanol–water partition coefficient (Wildman–Crippen LogP) is -4.68. The van der Waals surface area contributed by atoms with E-state index in [1.54, 1.807) is 44.2 Å². The summed E-state index contributed by atoms with van der Waals surface area (Å²) in [7, 11) is 0. The van der Waals surface area contributed by atoms with Gasteiger partial charge in [-0.2, -0.15) is 0 Å². The number of aliphatic hydroxyl groups excluding tert-OH is 3. The molecule has 0 aliphatic carbocycles. The summed E-state index contributed by atoms with van der Waals surface area (Å²) >= 11 is 0. The van der Waals surface area contributed by atoms with Crippen LogP contribution in [0.25, 0.3) is 0 Å². The van der Waals surface area contributed by atoms with Crippen LogP contribution in [-0.2, 0) is 54.4 Å². The van der Waals surface area contributed by atoms with Crippen molar-refractivity contribution < 1.29 is 63.3 Å². The number of unbranched alkanes of at least 4 members (excludes halogenated alkanes) is 4. The summed E-state index contributed by atoms with van der Waals surface area (Å²) in [6, 6.07) is -5.06. The third kappa shape index (κ3) is 23.3. The van der Waals surface area contributed by atoms with Gasteiger partial charge in [0.15, 0.2) is 0 Å². The third-order valence-corrected chi connectivity index (χ3v) is 12.4. The standard InChI is InChI=1S/C50H85N13O13/c1-6-7-8-9-13-16-39(67)62-41(30(5)66)50(76)61-38(27-64)48(74)58-35-20-24-54-49(75)40(29(4)65)63-45(71)34(19-23-53)56-42(68)32(17-21-51)57-46(72)36(25-28(2)3)59-47(73)37(26-31-14-11-10-12-15-31)60-43(69)33(18-22-52)55-44(35)70/h10-12,14-15,28-30,32-38,40-41,64-66H,6-9,13,16-27,51-53H2,1-5H3,(H,54,75)(H,55,70)(H,56,68)(H,57,72)(H,58,74)(H,59,73)(H,60,69)(H,61,76)(H,62,67)(H,63,71)/t29-,30-,32+,33+,34+,35+,36+,37+,38-,40+,41+/m1/s1. The molecule has 0 unspecified atom stereocenters. The smallest absolute Gasteiger partial charge is 0.245 e. The van der Waals surface area contributed by atoms with Gasteiger partial charge in [0.2, 0.25) is 59.1 Å². The molecular formula is C50H85N13O13. The monoisotopic (exact) mass is 1080 g/mol. The van der Waals surface area contributed by atoms with E-state index in [1.165, 1.54) is 13.8 Å². The second-order valence-corrected chi connectivity index (χ2v) is 19.4. The SMILES string of the molecule is CCCCCCCC(=O)N[C@H](C(=O)N[C@H](CO)C(=O)N[C@H]1CCNC(=O)[C@H]([C@@H](C)O)NC(=O)[C@H](CCN)NC(=O)[C@H](CCN)NC(=O)[C@H](CC(C)C)NC(=O)[C@H](Cc2ccccc2)NC(=O)[C@H](CCN)NC1=O)[C@@H](C)O. The molecule has 0 spiro atoms. The van der Waals surface area contributed by atoms with Crippen molar-refractivity contribution in [3.63, 3.8) is 0 Å². The highest BCUT2D eigenvalue weighted by Crippen LogP contribution is 2.11. The van der Waals surface area contributed by atoms with Gasteiger partial charge in [0, 0.05) is 19.4 Å². The molecule has 10 amide bonds. The van der Waals surface area contributed by atoms with E-state index in [4.69, 9.17) is 17.2 Å². The summed E-state index contributed by atoms with van der Waals surface area (Å²) in [5.74, 6) is -9.30. The minimum atomic E-state index is -1.79. The first kappa shape index (κ1) is 65.8. The van der Waals surface area contributed by atoms with Gasteiger partial charge in [0.05, 0.1) is 18.8 Å². The fourth-order valence-corrected chi connectivity index (χ4v) is 8.08. The van der Waals surface area contributed by atoms with Crippen LogP contribution in [0.1, 0.15) is 111 Å². The van der Waals surface area contributed by atoms with Crippen LogP contribution >= 0.6 is 0 Å². The lowest BCUT2D eigenvalue weighted by atomic mass is 10.00. The highest BCUT2D eigenvalue weighted by molar-refractivity contribution is 5.99. The lowest BCUT2D eigenvalue weighted by molar-refractivity contribution is -0.137. The van der Waals surface area contributed by atoms with Crippen molar-refractivity contribution in [1.29, 1.82) is 0 Å². The van der Waals surface area contributed by atoms with Gasteiger partial charge < -0.3 is 85.7 Å². The highest BCUT2D eigenvalue weighted by atomic mass is 16.3. The van der Waals surface area contributed by atoms with Crippen LogP contribution in [0.2, 0.25) is 0 Å². The maximum atomic E-state index is 14.3. The molecule has 1 aromatic rings. The zero-order valence-electron chi connectivity index (χ0n) is 44.5. The number of aliphatic hydroxyl groups is 3. The van der Waals surface area contributed by atoms with Crippen molar-refractivity contribution in [2.75, 3.05) is 32.8 Å². The number of nitrogens with one attached hydrogen (secondary N) is 10. The molecule has 19 N–H and O–H groups in total. The molecule has 11 atom stereocenters. The van der Waals surface area contributed by atoms with Gasteiger partial charge in [-0.3, -0.25) is 47.9 Å². The van der Waals surface area contributed by atoms with Gasteiger partial charge in [-0.15, -0.1) is 0 Å². The third-order valence-electron chi connectivity index (χ3n) is 12.4. The first-order chi connectivity index (χ1) is 36.1. The molecule has 26 nitrogen and oxygen atoms in total.